The molecule has 1 unspecified atom stereocenters. The number of hydrogen-bond acceptors (Lipinski definition) is 3. The quantitative estimate of drug-likeness (QED) is 0.867. The number of piperidine rings is 1. The Balaban J connectivity index is 1.83. The average molecular weight is 322 g/mol. The highest BCUT2D eigenvalue weighted by Crippen LogP contribution is 2.49. The summed E-state index contributed by atoms with van der Waals surface area (Å²) >= 11 is 0. The Morgan fingerprint density at radius 1 is 1.32 bits per heavy atom. The van der Waals surface area contributed by atoms with E-state index >= 15 is 0 Å². The van der Waals surface area contributed by atoms with Crippen LogP contribution >= 0.6 is 0 Å². The van der Waals surface area contributed by atoms with E-state index in [0.29, 0.717) is 19.6 Å². The Hall–Kier alpha value is -0.980. The molecule has 1 N–H and O–H groups in total. The maximum atomic E-state index is 12.9. The van der Waals surface area contributed by atoms with Crippen LogP contribution in [0.5, 0.6) is 0 Å². The summed E-state index contributed by atoms with van der Waals surface area (Å²) in [5.74, 6) is 0.0427. The third kappa shape index (κ3) is 4.27. The number of rotatable bonds is 3. The predicted octanol–water partition coefficient (Wildman–Crippen LogP) is 3.32. The summed E-state index contributed by atoms with van der Waals surface area (Å²) in [4.78, 5) is 13.6. The van der Waals surface area contributed by atoms with Gasteiger partial charge in [0.1, 0.15) is 11.1 Å². The SMILES string of the molecule is CC(C)(C)OC(=O)N1CCCC(CNC2(C(F)(F)F)CC2)C1. The lowest BCUT2D eigenvalue weighted by molar-refractivity contribution is -0.166. The minimum atomic E-state index is -4.19. The van der Waals surface area contributed by atoms with E-state index in [-0.39, 0.29) is 24.9 Å². The molecule has 4 nitrogen and oxygen atoms in total. The minimum absolute atomic E-state index is 0.0427. The molecule has 0 aromatic heterocycles. The number of carbonyl (C=O) groups excluding carboxylic acids is 1. The average Bonchev–Trinajstić information content (AvgIpc) is 3.15. The van der Waals surface area contributed by atoms with Crippen LogP contribution < -0.4 is 5.32 Å². The molecule has 22 heavy (non-hydrogen) atoms. The molecule has 1 aliphatic carbocycles. The summed E-state index contributed by atoms with van der Waals surface area (Å²) in [5, 5.41) is 2.68. The fraction of sp³-hybridized carbons (Fsp3) is 0.933. The molecule has 1 saturated carbocycles. The van der Waals surface area contributed by atoms with E-state index in [1.807, 2.05) is 0 Å². The van der Waals surface area contributed by atoms with Crippen LogP contribution in [0, 0.1) is 5.92 Å². The molecule has 0 aromatic rings. The van der Waals surface area contributed by atoms with E-state index in [4.69, 9.17) is 4.74 Å². The van der Waals surface area contributed by atoms with Gasteiger partial charge in [0, 0.05) is 19.6 Å². The van der Waals surface area contributed by atoms with Gasteiger partial charge in [0.05, 0.1) is 0 Å². The topological polar surface area (TPSA) is 41.6 Å². The molecule has 0 spiro atoms. The van der Waals surface area contributed by atoms with Crippen molar-refractivity contribution in [3.8, 4) is 0 Å². The number of likely N-dealkylation sites (tertiary alicyclic amines) is 1. The van der Waals surface area contributed by atoms with Gasteiger partial charge in [0.15, 0.2) is 0 Å². The van der Waals surface area contributed by atoms with Gasteiger partial charge in [0.2, 0.25) is 0 Å². The summed E-state index contributed by atoms with van der Waals surface area (Å²) in [7, 11) is 0. The zero-order chi connectivity index (χ0) is 16.6. The Kier molecular flexibility index (Phi) is 4.66. The smallest absolute Gasteiger partial charge is 0.410 e. The van der Waals surface area contributed by atoms with Crippen LogP contribution in [0.4, 0.5) is 18.0 Å². The van der Waals surface area contributed by atoms with E-state index in [1.165, 1.54) is 0 Å². The van der Waals surface area contributed by atoms with E-state index in [9.17, 15) is 18.0 Å². The van der Waals surface area contributed by atoms with E-state index in [1.54, 1.807) is 25.7 Å². The zero-order valence-electron chi connectivity index (χ0n) is 13.4. The van der Waals surface area contributed by atoms with E-state index < -0.39 is 17.3 Å². The Bertz CT molecular complexity index is 414. The molecule has 1 saturated heterocycles. The molecule has 0 aromatic carbocycles. The Morgan fingerprint density at radius 3 is 2.45 bits per heavy atom. The van der Waals surface area contributed by atoms with Crippen LogP contribution in [-0.2, 0) is 4.74 Å². The molecule has 1 aliphatic heterocycles. The lowest BCUT2D eigenvalue weighted by Gasteiger charge is -2.35. The second-order valence-corrected chi connectivity index (χ2v) is 7.40. The number of hydrogen-bond donors (Lipinski definition) is 1. The molecular formula is C15H25F3N2O2. The van der Waals surface area contributed by atoms with Gasteiger partial charge in [-0.3, -0.25) is 0 Å². The molecule has 2 aliphatic rings. The Labute approximate surface area is 129 Å². The van der Waals surface area contributed by atoms with Crippen molar-refractivity contribution in [2.45, 2.75) is 63.8 Å². The summed E-state index contributed by atoms with van der Waals surface area (Å²) in [6.45, 7) is 6.75. The van der Waals surface area contributed by atoms with Gasteiger partial charge in [-0.2, -0.15) is 13.2 Å². The minimum Gasteiger partial charge on any atom is -0.444 e. The normalized spacial score (nSPS) is 25.0. The Morgan fingerprint density at radius 2 is 1.95 bits per heavy atom. The molecule has 128 valence electrons. The maximum absolute atomic E-state index is 12.9. The number of alkyl halides is 3. The van der Waals surface area contributed by atoms with E-state index in [2.05, 4.69) is 5.32 Å². The highest BCUT2D eigenvalue weighted by Gasteiger charge is 2.63. The second kappa shape index (κ2) is 5.91. The van der Waals surface area contributed by atoms with Crippen molar-refractivity contribution in [2.75, 3.05) is 19.6 Å². The first-order valence-corrected chi connectivity index (χ1v) is 7.82. The number of ether oxygens (including phenoxy) is 1. The third-order valence-electron chi connectivity index (χ3n) is 4.19. The van der Waals surface area contributed by atoms with Crippen LogP contribution in [0.1, 0.15) is 46.5 Å². The molecule has 2 rings (SSSR count). The fourth-order valence-corrected chi connectivity index (χ4v) is 2.75. The monoisotopic (exact) mass is 322 g/mol. The third-order valence-corrected chi connectivity index (χ3v) is 4.19. The zero-order valence-corrected chi connectivity index (χ0v) is 13.4. The van der Waals surface area contributed by atoms with Gasteiger partial charge in [-0.25, -0.2) is 4.79 Å². The molecule has 7 heteroatoms. The van der Waals surface area contributed by atoms with Gasteiger partial charge in [0.25, 0.3) is 0 Å². The first-order valence-electron chi connectivity index (χ1n) is 7.82. The molecule has 1 amide bonds. The molecule has 1 heterocycles. The first-order chi connectivity index (χ1) is 10.0. The standard InChI is InChI=1S/C15H25F3N2O2/c1-13(2,3)22-12(21)20-8-4-5-11(10-20)9-19-14(6-7-14)15(16,17)18/h11,19H,4-10H2,1-3H3. The van der Waals surface area contributed by atoms with Crippen molar-refractivity contribution in [2.24, 2.45) is 5.92 Å². The van der Waals surface area contributed by atoms with Gasteiger partial charge in [-0.15, -0.1) is 0 Å². The van der Waals surface area contributed by atoms with Gasteiger partial charge >= 0.3 is 12.3 Å². The molecule has 1 atom stereocenters. The number of nitrogens with zero attached hydrogens (tertiary/aromatic N) is 1. The first kappa shape index (κ1) is 17.4. The molecule has 0 bridgehead atoms. The number of carbonyl (C=O) groups is 1. The molecule has 0 radical (unpaired) electrons. The fourth-order valence-electron chi connectivity index (χ4n) is 2.75. The van der Waals surface area contributed by atoms with Crippen LogP contribution in [0.25, 0.3) is 0 Å². The van der Waals surface area contributed by atoms with Crippen LogP contribution in [0.15, 0.2) is 0 Å². The summed E-state index contributed by atoms with van der Waals surface area (Å²) in [5.41, 5.74) is -2.24. The largest absolute Gasteiger partial charge is 0.444 e. The molecule has 2 fully saturated rings. The van der Waals surface area contributed by atoms with E-state index in [0.717, 1.165) is 12.8 Å². The summed E-state index contributed by atoms with van der Waals surface area (Å²) in [6, 6.07) is 0. The lowest BCUT2D eigenvalue weighted by atomic mass is 9.97. The number of nitrogens with one attached hydrogen (secondary N) is 1. The molecular weight excluding hydrogens is 297 g/mol. The van der Waals surface area contributed by atoms with Crippen LogP contribution in [-0.4, -0.2) is 47.9 Å². The lowest BCUT2D eigenvalue weighted by Crippen LogP contribution is -2.50. The van der Waals surface area contributed by atoms with Crippen molar-refractivity contribution in [1.29, 1.82) is 0 Å². The second-order valence-electron chi connectivity index (χ2n) is 7.40. The summed E-state index contributed by atoms with van der Waals surface area (Å²) < 4.78 is 44.0. The van der Waals surface area contributed by atoms with Crippen molar-refractivity contribution in [3.05, 3.63) is 0 Å². The van der Waals surface area contributed by atoms with Crippen molar-refractivity contribution < 1.29 is 22.7 Å². The highest BCUT2D eigenvalue weighted by molar-refractivity contribution is 5.68. The van der Waals surface area contributed by atoms with Crippen molar-refractivity contribution >= 4 is 6.09 Å². The highest BCUT2D eigenvalue weighted by atomic mass is 19.4. The van der Waals surface area contributed by atoms with Crippen molar-refractivity contribution in [3.63, 3.8) is 0 Å². The van der Waals surface area contributed by atoms with Crippen molar-refractivity contribution in [1.82, 2.24) is 10.2 Å². The van der Waals surface area contributed by atoms with Gasteiger partial charge < -0.3 is 15.0 Å². The maximum Gasteiger partial charge on any atom is 0.410 e. The predicted molar refractivity (Wildman–Crippen MR) is 76.6 cm³/mol. The van der Waals surface area contributed by atoms with Gasteiger partial charge in [-0.1, -0.05) is 0 Å². The number of halogens is 3. The van der Waals surface area contributed by atoms with Gasteiger partial charge in [-0.05, 0) is 52.4 Å². The van der Waals surface area contributed by atoms with Crippen LogP contribution in [0.3, 0.4) is 0 Å². The number of amides is 1. The summed E-state index contributed by atoms with van der Waals surface area (Å²) in [6.07, 6.45) is -2.64. The van der Waals surface area contributed by atoms with Crippen LogP contribution in [0.2, 0.25) is 0 Å².